The van der Waals surface area contributed by atoms with Crippen molar-refractivity contribution in [1.29, 1.82) is 0 Å². The molecule has 104 valence electrons. The molecule has 1 atom stereocenters. The van der Waals surface area contributed by atoms with E-state index in [4.69, 9.17) is 17.3 Å². The molecule has 0 aliphatic heterocycles. The number of carbonyl (C=O) groups is 1. The fraction of sp³-hybridized carbons (Fsp3) is 0.533. The third kappa shape index (κ3) is 3.28. The van der Waals surface area contributed by atoms with E-state index in [2.05, 4.69) is 5.32 Å². The van der Waals surface area contributed by atoms with Gasteiger partial charge in [0.2, 0.25) is 5.91 Å². The molecule has 3 N–H and O–H groups in total. The van der Waals surface area contributed by atoms with Gasteiger partial charge in [-0.2, -0.15) is 0 Å². The molecular formula is C15H21ClN2O. The van der Waals surface area contributed by atoms with Crippen molar-refractivity contribution in [2.24, 2.45) is 5.73 Å². The molecule has 1 aromatic carbocycles. The van der Waals surface area contributed by atoms with Gasteiger partial charge in [-0.25, -0.2) is 0 Å². The Labute approximate surface area is 119 Å². The predicted molar refractivity (Wildman–Crippen MR) is 78.0 cm³/mol. The number of rotatable bonds is 3. The van der Waals surface area contributed by atoms with E-state index in [9.17, 15) is 4.79 Å². The summed E-state index contributed by atoms with van der Waals surface area (Å²) in [5.74, 6) is -0.0559. The van der Waals surface area contributed by atoms with Crippen LogP contribution in [-0.2, 0) is 4.79 Å². The Hall–Kier alpha value is -1.06. The van der Waals surface area contributed by atoms with E-state index in [0.29, 0.717) is 5.02 Å². The maximum atomic E-state index is 12.3. The summed E-state index contributed by atoms with van der Waals surface area (Å²) < 4.78 is 0. The molecule has 0 bridgehead atoms. The maximum Gasteiger partial charge on any atom is 0.240 e. The van der Waals surface area contributed by atoms with Crippen molar-refractivity contribution in [2.45, 2.75) is 50.6 Å². The van der Waals surface area contributed by atoms with Crippen molar-refractivity contribution >= 4 is 17.5 Å². The summed E-state index contributed by atoms with van der Waals surface area (Å²) >= 11 is 6.14. The normalized spacial score (nSPS) is 19.7. The molecule has 1 amide bonds. The summed E-state index contributed by atoms with van der Waals surface area (Å²) in [5, 5.41) is 3.67. The minimum Gasteiger partial charge on any atom is -0.348 e. The smallest absolute Gasteiger partial charge is 0.240 e. The lowest BCUT2D eigenvalue weighted by Gasteiger charge is -2.33. The monoisotopic (exact) mass is 280 g/mol. The van der Waals surface area contributed by atoms with Crippen molar-refractivity contribution in [2.75, 3.05) is 0 Å². The van der Waals surface area contributed by atoms with Crippen LogP contribution in [0.3, 0.4) is 0 Å². The zero-order valence-corrected chi connectivity index (χ0v) is 12.0. The Bertz CT molecular complexity index is 455. The first-order valence-electron chi connectivity index (χ1n) is 6.87. The average molecular weight is 281 g/mol. The molecule has 1 fully saturated rings. The van der Waals surface area contributed by atoms with Crippen LogP contribution in [0.1, 0.15) is 50.6 Å². The summed E-state index contributed by atoms with van der Waals surface area (Å²) in [6.45, 7) is 1.94. The van der Waals surface area contributed by atoms with Crippen LogP contribution in [0.4, 0.5) is 0 Å². The van der Waals surface area contributed by atoms with E-state index >= 15 is 0 Å². The van der Waals surface area contributed by atoms with Gasteiger partial charge >= 0.3 is 0 Å². The number of benzene rings is 1. The molecule has 1 aliphatic rings. The van der Waals surface area contributed by atoms with E-state index in [0.717, 1.165) is 31.2 Å². The van der Waals surface area contributed by atoms with Gasteiger partial charge in [-0.3, -0.25) is 4.79 Å². The zero-order chi connectivity index (χ0) is 13.9. The second-order valence-electron chi connectivity index (χ2n) is 5.43. The molecule has 2 rings (SSSR count). The van der Waals surface area contributed by atoms with Crippen LogP contribution in [0.5, 0.6) is 0 Å². The third-order valence-corrected chi connectivity index (χ3v) is 4.26. The molecule has 0 radical (unpaired) electrons. The third-order valence-electron chi connectivity index (χ3n) is 3.92. The number of amides is 1. The van der Waals surface area contributed by atoms with Gasteiger partial charge < -0.3 is 11.1 Å². The quantitative estimate of drug-likeness (QED) is 0.893. The van der Waals surface area contributed by atoms with Crippen molar-refractivity contribution in [3.05, 3.63) is 34.9 Å². The lowest BCUT2D eigenvalue weighted by Crippen LogP contribution is -2.55. The first-order chi connectivity index (χ1) is 9.03. The Kier molecular flexibility index (Phi) is 4.48. The molecule has 1 aliphatic carbocycles. The van der Waals surface area contributed by atoms with Gasteiger partial charge in [-0.05, 0) is 31.4 Å². The van der Waals surface area contributed by atoms with Gasteiger partial charge in [0.1, 0.15) is 0 Å². The first kappa shape index (κ1) is 14.4. The lowest BCUT2D eigenvalue weighted by atomic mass is 9.81. The molecule has 19 heavy (non-hydrogen) atoms. The highest BCUT2D eigenvalue weighted by atomic mass is 35.5. The highest BCUT2D eigenvalue weighted by Crippen LogP contribution is 2.28. The summed E-state index contributed by atoms with van der Waals surface area (Å²) in [6.07, 6.45) is 4.78. The molecule has 1 saturated carbocycles. The predicted octanol–water partition coefficient (Wildman–Crippen LogP) is 3.18. The number of nitrogens with one attached hydrogen (secondary N) is 1. The Morgan fingerprint density at radius 3 is 2.58 bits per heavy atom. The van der Waals surface area contributed by atoms with Crippen molar-refractivity contribution in [1.82, 2.24) is 5.32 Å². The maximum absolute atomic E-state index is 12.3. The number of hydrogen-bond acceptors (Lipinski definition) is 2. The van der Waals surface area contributed by atoms with Gasteiger partial charge in [-0.1, -0.05) is 49.1 Å². The van der Waals surface area contributed by atoms with Crippen LogP contribution in [0.25, 0.3) is 0 Å². The van der Waals surface area contributed by atoms with Crippen LogP contribution in [-0.4, -0.2) is 11.4 Å². The number of nitrogens with two attached hydrogens (primary N) is 1. The topological polar surface area (TPSA) is 55.1 Å². The summed E-state index contributed by atoms with van der Waals surface area (Å²) in [6, 6.07) is 7.44. The van der Waals surface area contributed by atoms with Gasteiger partial charge in [0.15, 0.2) is 0 Å². The Morgan fingerprint density at radius 2 is 1.95 bits per heavy atom. The van der Waals surface area contributed by atoms with Crippen molar-refractivity contribution in [3.63, 3.8) is 0 Å². The fourth-order valence-electron chi connectivity index (χ4n) is 2.65. The minimum atomic E-state index is -0.701. The average Bonchev–Trinajstić information content (AvgIpc) is 2.40. The van der Waals surface area contributed by atoms with E-state index in [1.807, 2.05) is 31.2 Å². The molecule has 1 aromatic rings. The minimum absolute atomic E-state index is 0.0559. The van der Waals surface area contributed by atoms with E-state index < -0.39 is 5.54 Å². The Balaban J connectivity index is 2.04. The van der Waals surface area contributed by atoms with Gasteiger partial charge in [0.05, 0.1) is 11.6 Å². The molecule has 0 unspecified atom stereocenters. The molecule has 4 heteroatoms. The highest BCUT2D eigenvalue weighted by molar-refractivity contribution is 6.31. The number of halogens is 1. The highest BCUT2D eigenvalue weighted by Gasteiger charge is 2.35. The molecule has 0 spiro atoms. The molecule has 0 aromatic heterocycles. The van der Waals surface area contributed by atoms with E-state index in [1.165, 1.54) is 6.42 Å². The fourth-order valence-corrected chi connectivity index (χ4v) is 2.95. The van der Waals surface area contributed by atoms with Crippen LogP contribution < -0.4 is 11.1 Å². The lowest BCUT2D eigenvalue weighted by molar-refractivity contribution is -0.128. The SMILES string of the molecule is C[C@@H](NC(=O)C1(N)CCCCC1)c1ccccc1Cl. The number of carbonyl (C=O) groups excluding carboxylic acids is 1. The van der Waals surface area contributed by atoms with Gasteiger partial charge in [0, 0.05) is 5.02 Å². The van der Waals surface area contributed by atoms with Crippen LogP contribution in [0, 0.1) is 0 Å². The van der Waals surface area contributed by atoms with Gasteiger partial charge in [-0.15, -0.1) is 0 Å². The number of hydrogen-bond donors (Lipinski definition) is 2. The molecule has 0 saturated heterocycles. The molecular weight excluding hydrogens is 260 g/mol. The molecule has 3 nitrogen and oxygen atoms in total. The largest absolute Gasteiger partial charge is 0.348 e. The standard InChI is InChI=1S/C15H21ClN2O/c1-11(12-7-3-4-8-13(12)16)18-14(19)15(17)9-5-2-6-10-15/h3-4,7-8,11H,2,5-6,9-10,17H2,1H3,(H,18,19)/t11-/m1/s1. The van der Waals surface area contributed by atoms with Crippen LogP contribution in [0.2, 0.25) is 5.02 Å². The molecule has 0 heterocycles. The van der Waals surface area contributed by atoms with Gasteiger partial charge in [0.25, 0.3) is 0 Å². The van der Waals surface area contributed by atoms with E-state index in [-0.39, 0.29) is 11.9 Å². The van der Waals surface area contributed by atoms with Crippen molar-refractivity contribution in [3.8, 4) is 0 Å². The first-order valence-corrected chi connectivity index (χ1v) is 7.25. The second-order valence-corrected chi connectivity index (χ2v) is 5.84. The van der Waals surface area contributed by atoms with Crippen LogP contribution in [0.15, 0.2) is 24.3 Å². The summed E-state index contributed by atoms with van der Waals surface area (Å²) in [4.78, 5) is 12.3. The second kappa shape index (κ2) is 5.93. The summed E-state index contributed by atoms with van der Waals surface area (Å²) in [7, 11) is 0. The zero-order valence-electron chi connectivity index (χ0n) is 11.3. The Morgan fingerprint density at radius 1 is 1.32 bits per heavy atom. The summed E-state index contributed by atoms with van der Waals surface area (Å²) in [5.41, 5.74) is 6.45. The van der Waals surface area contributed by atoms with Crippen molar-refractivity contribution < 1.29 is 4.79 Å². The van der Waals surface area contributed by atoms with E-state index in [1.54, 1.807) is 0 Å². The van der Waals surface area contributed by atoms with Crippen LogP contribution >= 0.6 is 11.6 Å².